The fourth-order valence-electron chi connectivity index (χ4n) is 2.42. The molecule has 0 fully saturated rings. The van der Waals surface area contributed by atoms with Crippen LogP contribution in [0.3, 0.4) is 0 Å². The highest BCUT2D eigenvalue weighted by atomic mass is 16.5. The standard InChI is InChI=1S/C24H23NO2/c1-3-20-14-16-22(17-15-20)26-18-19(2)24(25-21-10-6-4-7-11-21)27-23-12-8-5-9-13-23/h4-18H,3H2,1-2H3/b19-18?,25-24+. The Morgan fingerprint density at radius 3 is 2.07 bits per heavy atom. The number of benzene rings is 3. The number of para-hydroxylation sites is 2. The SMILES string of the molecule is CCc1ccc(OC=C(C)/C(=N\c2ccccc2)Oc2ccccc2)cc1. The number of ether oxygens (including phenoxy) is 2. The van der Waals surface area contributed by atoms with E-state index in [-0.39, 0.29) is 0 Å². The number of aryl methyl sites for hydroxylation is 1. The van der Waals surface area contributed by atoms with Crippen molar-refractivity contribution in [3.05, 3.63) is 102 Å². The molecular weight excluding hydrogens is 334 g/mol. The van der Waals surface area contributed by atoms with Gasteiger partial charge in [-0.3, -0.25) is 0 Å². The van der Waals surface area contributed by atoms with Gasteiger partial charge < -0.3 is 9.47 Å². The van der Waals surface area contributed by atoms with Gasteiger partial charge in [0.2, 0.25) is 5.90 Å². The molecule has 0 unspecified atom stereocenters. The minimum Gasteiger partial charge on any atom is -0.465 e. The second-order valence-corrected chi connectivity index (χ2v) is 6.08. The van der Waals surface area contributed by atoms with E-state index in [1.807, 2.05) is 79.7 Å². The molecule has 0 heterocycles. The van der Waals surface area contributed by atoms with E-state index in [2.05, 4.69) is 24.0 Å². The van der Waals surface area contributed by atoms with Gasteiger partial charge in [0.15, 0.2) is 0 Å². The Bertz CT molecular complexity index is 898. The number of nitrogens with zero attached hydrogens (tertiary/aromatic N) is 1. The quantitative estimate of drug-likeness (QED) is 0.293. The van der Waals surface area contributed by atoms with Crippen LogP contribution >= 0.6 is 0 Å². The fraction of sp³-hybridized carbons (Fsp3) is 0.125. The molecule has 0 aliphatic heterocycles. The molecule has 0 N–H and O–H groups in total. The Labute approximate surface area is 160 Å². The lowest BCUT2D eigenvalue weighted by Crippen LogP contribution is -2.10. The summed E-state index contributed by atoms with van der Waals surface area (Å²) in [7, 11) is 0. The molecule has 0 aromatic heterocycles. The molecule has 0 amide bonds. The summed E-state index contributed by atoms with van der Waals surface area (Å²) in [5.41, 5.74) is 2.90. The number of hydrogen-bond acceptors (Lipinski definition) is 3. The van der Waals surface area contributed by atoms with E-state index in [0.717, 1.165) is 29.2 Å². The maximum absolute atomic E-state index is 6.01. The van der Waals surface area contributed by atoms with Crippen molar-refractivity contribution < 1.29 is 9.47 Å². The molecule has 0 bridgehead atoms. The first-order valence-corrected chi connectivity index (χ1v) is 9.04. The summed E-state index contributed by atoms with van der Waals surface area (Å²) in [6.45, 7) is 4.05. The minimum atomic E-state index is 0.498. The average molecular weight is 357 g/mol. The monoisotopic (exact) mass is 357 g/mol. The van der Waals surface area contributed by atoms with Crippen molar-refractivity contribution in [1.82, 2.24) is 0 Å². The molecule has 0 aliphatic rings. The highest BCUT2D eigenvalue weighted by Gasteiger charge is 2.07. The van der Waals surface area contributed by atoms with Crippen LogP contribution in [0.4, 0.5) is 5.69 Å². The summed E-state index contributed by atoms with van der Waals surface area (Å²) in [5, 5.41) is 0. The predicted molar refractivity (Wildman–Crippen MR) is 111 cm³/mol. The molecular formula is C24H23NO2. The summed E-state index contributed by atoms with van der Waals surface area (Å²) in [6.07, 6.45) is 2.68. The topological polar surface area (TPSA) is 30.8 Å². The third-order valence-electron chi connectivity index (χ3n) is 3.99. The van der Waals surface area contributed by atoms with Gasteiger partial charge in [-0.1, -0.05) is 55.5 Å². The molecule has 3 nitrogen and oxygen atoms in total. The van der Waals surface area contributed by atoms with E-state index < -0.39 is 0 Å². The molecule has 3 aromatic rings. The summed E-state index contributed by atoms with van der Waals surface area (Å²) < 4.78 is 11.8. The molecule has 0 radical (unpaired) electrons. The van der Waals surface area contributed by atoms with Crippen LogP contribution in [-0.4, -0.2) is 5.90 Å². The second kappa shape index (κ2) is 9.39. The molecule has 0 spiro atoms. The van der Waals surface area contributed by atoms with Crippen molar-refractivity contribution in [3.8, 4) is 11.5 Å². The van der Waals surface area contributed by atoms with Crippen molar-refractivity contribution in [2.75, 3.05) is 0 Å². The first kappa shape index (κ1) is 18.5. The van der Waals surface area contributed by atoms with Gasteiger partial charge in [0.1, 0.15) is 11.5 Å². The second-order valence-electron chi connectivity index (χ2n) is 6.08. The molecule has 3 rings (SSSR count). The van der Waals surface area contributed by atoms with Gasteiger partial charge in [-0.05, 0) is 55.3 Å². The Kier molecular flexibility index (Phi) is 6.42. The van der Waals surface area contributed by atoms with Gasteiger partial charge in [-0.2, -0.15) is 0 Å². The van der Waals surface area contributed by atoms with Crippen LogP contribution in [0.2, 0.25) is 0 Å². The maximum atomic E-state index is 6.01. The average Bonchev–Trinajstić information content (AvgIpc) is 2.73. The molecule has 136 valence electrons. The number of rotatable bonds is 6. The van der Waals surface area contributed by atoms with E-state index in [1.54, 1.807) is 6.26 Å². The zero-order valence-corrected chi connectivity index (χ0v) is 15.6. The third-order valence-corrected chi connectivity index (χ3v) is 3.99. The van der Waals surface area contributed by atoms with Gasteiger partial charge in [0, 0.05) is 5.57 Å². The molecule has 0 saturated heterocycles. The molecule has 0 aliphatic carbocycles. The van der Waals surface area contributed by atoms with E-state index in [4.69, 9.17) is 9.47 Å². The summed E-state index contributed by atoms with van der Waals surface area (Å²) in [5.74, 6) is 2.01. The van der Waals surface area contributed by atoms with Crippen LogP contribution in [0.15, 0.2) is 102 Å². The zero-order chi connectivity index (χ0) is 18.9. The van der Waals surface area contributed by atoms with Crippen molar-refractivity contribution in [2.24, 2.45) is 4.99 Å². The van der Waals surface area contributed by atoms with Gasteiger partial charge in [0.05, 0.1) is 11.9 Å². The third kappa shape index (κ3) is 5.58. The highest BCUT2D eigenvalue weighted by Crippen LogP contribution is 2.18. The molecule has 3 heteroatoms. The summed E-state index contributed by atoms with van der Waals surface area (Å²) in [4.78, 5) is 4.64. The maximum Gasteiger partial charge on any atom is 0.225 e. The van der Waals surface area contributed by atoms with Crippen LogP contribution in [0.5, 0.6) is 11.5 Å². The van der Waals surface area contributed by atoms with Crippen molar-refractivity contribution in [1.29, 1.82) is 0 Å². The van der Waals surface area contributed by atoms with Gasteiger partial charge in [-0.15, -0.1) is 0 Å². The van der Waals surface area contributed by atoms with Crippen molar-refractivity contribution in [2.45, 2.75) is 20.3 Å². The van der Waals surface area contributed by atoms with E-state index in [1.165, 1.54) is 5.56 Å². The number of hydrogen-bond donors (Lipinski definition) is 0. The van der Waals surface area contributed by atoms with Gasteiger partial charge >= 0.3 is 0 Å². The van der Waals surface area contributed by atoms with E-state index in [0.29, 0.717) is 5.90 Å². The number of aliphatic imine (C=N–C) groups is 1. The Morgan fingerprint density at radius 1 is 0.815 bits per heavy atom. The lowest BCUT2D eigenvalue weighted by Gasteiger charge is -2.10. The smallest absolute Gasteiger partial charge is 0.225 e. The fourth-order valence-corrected chi connectivity index (χ4v) is 2.42. The Morgan fingerprint density at radius 2 is 1.44 bits per heavy atom. The van der Waals surface area contributed by atoms with E-state index >= 15 is 0 Å². The van der Waals surface area contributed by atoms with E-state index in [9.17, 15) is 0 Å². The van der Waals surface area contributed by atoms with Gasteiger partial charge in [-0.25, -0.2) is 4.99 Å². The molecule has 3 aromatic carbocycles. The van der Waals surface area contributed by atoms with Crippen LogP contribution in [0, 0.1) is 0 Å². The Hall–Kier alpha value is -3.33. The first-order valence-electron chi connectivity index (χ1n) is 9.04. The molecule has 0 atom stereocenters. The molecule has 27 heavy (non-hydrogen) atoms. The summed E-state index contributed by atoms with van der Waals surface area (Å²) in [6, 6.07) is 27.4. The highest BCUT2D eigenvalue weighted by molar-refractivity contribution is 5.96. The molecule has 0 saturated carbocycles. The Balaban J connectivity index is 1.82. The van der Waals surface area contributed by atoms with Gasteiger partial charge in [0.25, 0.3) is 0 Å². The lowest BCUT2D eigenvalue weighted by molar-refractivity contribution is 0.473. The predicted octanol–water partition coefficient (Wildman–Crippen LogP) is 6.34. The zero-order valence-electron chi connectivity index (χ0n) is 15.6. The first-order chi connectivity index (χ1) is 13.2. The van der Waals surface area contributed by atoms with Crippen LogP contribution < -0.4 is 9.47 Å². The minimum absolute atomic E-state index is 0.498. The summed E-state index contributed by atoms with van der Waals surface area (Å²) >= 11 is 0. The lowest BCUT2D eigenvalue weighted by atomic mass is 10.2. The van der Waals surface area contributed by atoms with Crippen LogP contribution in [0.25, 0.3) is 0 Å². The largest absolute Gasteiger partial charge is 0.465 e. The van der Waals surface area contributed by atoms with Crippen molar-refractivity contribution in [3.63, 3.8) is 0 Å². The van der Waals surface area contributed by atoms with Crippen LogP contribution in [0.1, 0.15) is 19.4 Å². The normalized spacial score (nSPS) is 11.9. The van der Waals surface area contributed by atoms with Crippen LogP contribution in [-0.2, 0) is 6.42 Å². The van der Waals surface area contributed by atoms with Crippen molar-refractivity contribution >= 4 is 11.6 Å².